The van der Waals surface area contributed by atoms with Gasteiger partial charge in [0.1, 0.15) is 5.69 Å². The fourth-order valence-corrected chi connectivity index (χ4v) is 1.33. The minimum atomic E-state index is 0.650. The monoisotopic (exact) mass is 203 g/mol. The van der Waals surface area contributed by atoms with Crippen LogP contribution in [0.15, 0.2) is 36.5 Å². The molecule has 78 valence electrons. The number of aromatic nitrogens is 3. The Hall–Kier alpha value is -1.68. The lowest BCUT2D eigenvalue weighted by Crippen LogP contribution is -2.04. The van der Waals surface area contributed by atoms with Crippen LogP contribution in [-0.2, 0) is 11.3 Å². The summed E-state index contributed by atoms with van der Waals surface area (Å²) in [5.74, 6) is 0. The summed E-state index contributed by atoms with van der Waals surface area (Å²) in [6, 6.07) is 10.0. The van der Waals surface area contributed by atoms with E-state index in [0.29, 0.717) is 6.61 Å². The predicted molar refractivity (Wildman–Crippen MR) is 57.3 cm³/mol. The van der Waals surface area contributed by atoms with E-state index in [1.54, 1.807) is 11.8 Å². The summed E-state index contributed by atoms with van der Waals surface area (Å²) in [7, 11) is 1.68. The van der Waals surface area contributed by atoms with Crippen molar-refractivity contribution in [1.29, 1.82) is 0 Å². The minimum Gasteiger partial charge on any atom is -0.383 e. The van der Waals surface area contributed by atoms with Gasteiger partial charge in [0.25, 0.3) is 0 Å². The zero-order chi connectivity index (χ0) is 10.5. The Bertz CT molecular complexity index is 411. The average Bonchev–Trinajstić information content (AvgIpc) is 2.76. The molecule has 0 aliphatic carbocycles. The van der Waals surface area contributed by atoms with E-state index in [4.69, 9.17) is 4.74 Å². The van der Waals surface area contributed by atoms with Gasteiger partial charge in [-0.05, 0) is 0 Å². The highest BCUT2D eigenvalue weighted by molar-refractivity contribution is 5.56. The molecule has 1 heterocycles. The fourth-order valence-electron chi connectivity index (χ4n) is 1.33. The van der Waals surface area contributed by atoms with E-state index in [1.165, 1.54) is 0 Å². The maximum atomic E-state index is 4.97. The Morgan fingerprint density at radius 2 is 2.07 bits per heavy atom. The van der Waals surface area contributed by atoms with Crippen molar-refractivity contribution in [3.8, 4) is 11.3 Å². The van der Waals surface area contributed by atoms with Crippen LogP contribution >= 0.6 is 0 Å². The quantitative estimate of drug-likeness (QED) is 0.757. The molecular weight excluding hydrogens is 190 g/mol. The summed E-state index contributed by atoms with van der Waals surface area (Å²) < 4.78 is 6.76. The van der Waals surface area contributed by atoms with Crippen LogP contribution in [0.25, 0.3) is 11.3 Å². The molecule has 2 aromatic rings. The summed E-state index contributed by atoms with van der Waals surface area (Å²) in [5, 5.41) is 8.11. The highest BCUT2D eigenvalue weighted by Gasteiger charge is 2.01. The number of rotatable bonds is 4. The van der Waals surface area contributed by atoms with Crippen LogP contribution < -0.4 is 0 Å². The molecule has 0 saturated heterocycles. The van der Waals surface area contributed by atoms with E-state index in [1.807, 2.05) is 36.5 Å². The first kappa shape index (κ1) is 9.86. The van der Waals surface area contributed by atoms with Crippen LogP contribution in [0, 0.1) is 0 Å². The molecule has 0 spiro atoms. The smallest absolute Gasteiger partial charge is 0.113 e. The molecule has 15 heavy (non-hydrogen) atoms. The third-order valence-electron chi connectivity index (χ3n) is 2.13. The maximum Gasteiger partial charge on any atom is 0.113 e. The van der Waals surface area contributed by atoms with Crippen LogP contribution in [0.3, 0.4) is 0 Å². The molecule has 2 rings (SSSR count). The van der Waals surface area contributed by atoms with Crippen LogP contribution in [-0.4, -0.2) is 28.7 Å². The van der Waals surface area contributed by atoms with Crippen molar-refractivity contribution >= 4 is 0 Å². The topological polar surface area (TPSA) is 39.9 Å². The summed E-state index contributed by atoms with van der Waals surface area (Å²) in [6.45, 7) is 1.38. The van der Waals surface area contributed by atoms with E-state index < -0.39 is 0 Å². The molecule has 4 nitrogen and oxygen atoms in total. The second kappa shape index (κ2) is 4.70. The third kappa shape index (κ3) is 2.41. The molecule has 1 aromatic heterocycles. The fraction of sp³-hybridized carbons (Fsp3) is 0.273. The SMILES string of the molecule is COCCn1cc(-c2ccccc2)nn1. The molecule has 0 aliphatic rings. The van der Waals surface area contributed by atoms with Crippen molar-refractivity contribution in [2.45, 2.75) is 6.54 Å². The molecule has 0 aliphatic heterocycles. The van der Waals surface area contributed by atoms with E-state index in [2.05, 4.69) is 10.3 Å². The Kier molecular flexibility index (Phi) is 3.09. The van der Waals surface area contributed by atoms with Gasteiger partial charge in [0, 0.05) is 12.7 Å². The second-order valence-corrected chi connectivity index (χ2v) is 3.23. The van der Waals surface area contributed by atoms with Gasteiger partial charge in [-0.25, -0.2) is 4.68 Å². The number of ether oxygens (including phenoxy) is 1. The van der Waals surface area contributed by atoms with Gasteiger partial charge in [0.15, 0.2) is 0 Å². The number of nitrogens with zero attached hydrogens (tertiary/aromatic N) is 3. The van der Waals surface area contributed by atoms with E-state index in [0.717, 1.165) is 17.8 Å². The van der Waals surface area contributed by atoms with Crippen molar-refractivity contribution in [3.05, 3.63) is 36.5 Å². The van der Waals surface area contributed by atoms with Gasteiger partial charge in [-0.1, -0.05) is 35.5 Å². The molecular formula is C11H13N3O. The summed E-state index contributed by atoms with van der Waals surface area (Å²) >= 11 is 0. The Morgan fingerprint density at radius 3 is 2.80 bits per heavy atom. The van der Waals surface area contributed by atoms with Crippen LogP contribution in [0.5, 0.6) is 0 Å². The van der Waals surface area contributed by atoms with Crippen LogP contribution in [0.2, 0.25) is 0 Å². The first-order valence-corrected chi connectivity index (χ1v) is 4.84. The first-order chi connectivity index (χ1) is 7.40. The zero-order valence-corrected chi connectivity index (χ0v) is 8.63. The predicted octanol–water partition coefficient (Wildman–Crippen LogP) is 1.59. The normalized spacial score (nSPS) is 10.5. The van der Waals surface area contributed by atoms with Crippen molar-refractivity contribution in [2.24, 2.45) is 0 Å². The Balaban J connectivity index is 2.14. The van der Waals surface area contributed by atoms with Crippen molar-refractivity contribution < 1.29 is 4.74 Å². The van der Waals surface area contributed by atoms with Gasteiger partial charge < -0.3 is 4.74 Å². The van der Waals surface area contributed by atoms with Crippen molar-refractivity contribution in [2.75, 3.05) is 13.7 Å². The molecule has 0 atom stereocenters. The van der Waals surface area contributed by atoms with Gasteiger partial charge in [-0.15, -0.1) is 5.10 Å². The maximum absolute atomic E-state index is 4.97. The van der Waals surface area contributed by atoms with Crippen LogP contribution in [0.1, 0.15) is 0 Å². The number of benzene rings is 1. The molecule has 0 fully saturated rings. The van der Waals surface area contributed by atoms with E-state index in [9.17, 15) is 0 Å². The van der Waals surface area contributed by atoms with Gasteiger partial charge >= 0.3 is 0 Å². The number of hydrogen-bond acceptors (Lipinski definition) is 3. The standard InChI is InChI=1S/C11H13N3O/c1-15-8-7-14-9-11(12-13-14)10-5-3-2-4-6-10/h2-6,9H,7-8H2,1H3. The first-order valence-electron chi connectivity index (χ1n) is 4.84. The lowest BCUT2D eigenvalue weighted by atomic mass is 10.2. The molecule has 0 N–H and O–H groups in total. The van der Waals surface area contributed by atoms with Crippen molar-refractivity contribution in [3.63, 3.8) is 0 Å². The molecule has 0 unspecified atom stereocenters. The lowest BCUT2D eigenvalue weighted by molar-refractivity contribution is 0.183. The molecule has 0 saturated carbocycles. The largest absolute Gasteiger partial charge is 0.383 e. The lowest BCUT2D eigenvalue weighted by Gasteiger charge is -1.96. The summed E-state index contributed by atoms with van der Waals surface area (Å²) in [6.07, 6.45) is 1.92. The molecule has 0 amide bonds. The van der Waals surface area contributed by atoms with Gasteiger partial charge in [-0.2, -0.15) is 0 Å². The van der Waals surface area contributed by atoms with Gasteiger partial charge in [-0.3, -0.25) is 0 Å². The minimum absolute atomic E-state index is 0.650. The molecule has 0 bridgehead atoms. The number of methoxy groups -OCH3 is 1. The Morgan fingerprint density at radius 1 is 1.27 bits per heavy atom. The second-order valence-electron chi connectivity index (χ2n) is 3.23. The number of hydrogen-bond donors (Lipinski definition) is 0. The van der Waals surface area contributed by atoms with E-state index >= 15 is 0 Å². The molecule has 1 aromatic carbocycles. The molecule has 0 radical (unpaired) electrons. The van der Waals surface area contributed by atoms with Crippen LogP contribution in [0.4, 0.5) is 0 Å². The molecule has 4 heteroatoms. The van der Waals surface area contributed by atoms with E-state index in [-0.39, 0.29) is 0 Å². The highest BCUT2D eigenvalue weighted by Crippen LogP contribution is 2.14. The van der Waals surface area contributed by atoms with Crippen molar-refractivity contribution in [1.82, 2.24) is 15.0 Å². The highest BCUT2D eigenvalue weighted by atomic mass is 16.5. The summed E-state index contributed by atoms with van der Waals surface area (Å²) in [5.41, 5.74) is 1.98. The zero-order valence-electron chi connectivity index (χ0n) is 8.63. The van der Waals surface area contributed by atoms with Gasteiger partial charge in [0.2, 0.25) is 0 Å². The summed E-state index contributed by atoms with van der Waals surface area (Å²) in [4.78, 5) is 0. The van der Waals surface area contributed by atoms with Gasteiger partial charge in [0.05, 0.1) is 19.3 Å². The average molecular weight is 203 g/mol. The Labute approximate surface area is 88.5 Å². The third-order valence-corrected chi connectivity index (χ3v) is 2.13.